The van der Waals surface area contributed by atoms with E-state index in [1.807, 2.05) is 6.08 Å². The van der Waals surface area contributed by atoms with Gasteiger partial charge >= 0.3 is 17.9 Å². The van der Waals surface area contributed by atoms with Crippen molar-refractivity contribution in [2.24, 2.45) is 0 Å². The summed E-state index contributed by atoms with van der Waals surface area (Å²) in [4.78, 5) is 37.8. The smallest absolute Gasteiger partial charge is 0.310 e. The van der Waals surface area contributed by atoms with Crippen molar-refractivity contribution < 1.29 is 28.6 Å². The fourth-order valence-corrected chi connectivity index (χ4v) is 6.66. The quantitative estimate of drug-likeness (QED) is 0.0263. The summed E-state index contributed by atoms with van der Waals surface area (Å²) in [5, 5.41) is 0. The molecule has 0 saturated heterocycles. The van der Waals surface area contributed by atoms with Crippen molar-refractivity contribution in [2.45, 2.75) is 232 Å². The Kier molecular flexibility index (Phi) is 46.5. The molecule has 0 saturated carbocycles. The summed E-state index contributed by atoms with van der Waals surface area (Å²) < 4.78 is 16.6. The van der Waals surface area contributed by atoms with Crippen LogP contribution in [0.25, 0.3) is 0 Å². The fourth-order valence-electron chi connectivity index (χ4n) is 6.66. The van der Waals surface area contributed by atoms with Crippen molar-refractivity contribution >= 4 is 17.9 Å². The van der Waals surface area contributed by atoms with Gasteiger partial charge in [0.05, 0.1) is 6.42 Å². The van der Waals surface area contributed by atoms with Crippen LogP contribution in [0, 0.1) is 0 Å². The summed E-state index contributed by atoms with van der Waals surface area (Å²) in [6.07, 6.45) is 63.1. The summed E-state index contributed by atoms with van der Waals surface area (Å²) in [6, 6.07) is 0. The van der Waals surface area contributed by atoms with Crippen LogP contribution in [0.15, 0.2) is 85.1 Å². The van der Waals surface area contributed by atoms with E-state index in [1.165, 1.54) is 109 Å². The Morgan fingerprint density at radius 1 is 0.361 bits per heavy atom. The number of allylic oxidation sites excluding steroid dienone is 13. The normalized spacial score (nSPS) is 12.8. The first-order valence-corrected chi connectivity index (χ1v) is 25.1. The van der Waals surface area contributed by atoms with Gasteiger partial charge in [0.2, 0.25) is 0 Å². The topological polar surface area (TPSA) is 78.9 Å². The zero-order valence-corrected chi connectivity index (χ0v) is 39.7. The third-order valence-corrected chi connectivity index (χ3v) is 10.4. The van der Waals surface area contributed by atoms with Gasteiger partial charge < -0.3 is 14.2 Å². The number of ether oxygens (including phenoxy) is 3. The van der Waals surface area contributed by atoms with E-state index in [1.54, 1.807) is 6.08 Å². The molecule has 1 atom stereocenters. The van der Waals surface area contributed by atoms with Gasteiger partial charge in [0, 0.05) is 12.8 Å². The van der Waals surface area contributed by atoms with Gasteiger partial charge in [-0.15, -0.1) is 0 Å². The lowest BCUT2D eigenvalue weighted by Crippen LogP contribution is -2.30. The first-order valence-electron chi connectivity index (χ1n) is 25.1. The third-order valence-electron chi connectivity index (χ3n) is 10.4. The van der Waals surface area contributed by atoms with Crippen molar-refractivity contribution in [1.29, 1.82) is 0 Å². The van der Waals surface area contributed by atoms with Gasteiger partial charge in [0.25, 0.3) is 0 Å². The van der Waals surface area contributed by atoms with Gasteiger partial charge in [-0.3, -0.25) is 14.4 Å². The number of carbonyl (C=O) groups is 3. The summed E-state index contributed by atoms with van der Waals surface area (Å²) >= 11 is 0. The zero-order valence-electron chi connectivity index (χ0n) is 39.7. The lowest BCUT2D eigenvalue weighted by atomic mass is 10.1. The van der Waals surface area contributed by atoms with Gasteiger partial charge in [0.15, 0.2) is 6.10 Å². The second-order valence-electron chi connectivity index (χ2n) is 16.4. The molecule has 0 radical (unpaired) electrons. The van der Waals surface area contributed by atoms with Gasteiger partial charge in [0.1, 0.15) is 13.2 Å². The van der Waals surface area contributed by atoms with Crippen molar-refractivity contribution in [3.05, 3.63) is 85.1 Å². The van der Waals surface area contributed by atoms with E-state index in [4.69, 9.17) is 14.2 Å². The number of rotatable bonds is 44. The lowest BCUT2D eigenvalue weighted by molar-refractivity contribution is -0.166. The molecule has 0 aromatic carbocycles. The highest BCUT2D eigenvalue weighted by atomic mass is 16.6. The molecule has 6 heteroatoms. The van der Waals surface area contributed by atoms with Crippen LogP contribution >= 0.6 is 0 Å². The number of esters is 3. The molecule has 0 aliphatic carbocycles. The lowest BCUT2D eigenvalue weighted by Gasteiger charge is -2.18. The minimum absolute atomic E-state index is 0.0963. The predicted molar refractivity (Wildman–Crippen MR) is 261 cm³/mol. The molecule has 61 heavy (non-hydrogen) atoms. The highest BCUT2D eigenvalue weighted by molar-refractivity contribution is 5.72. The number of hydrogen-bond acceptors (Lipinski definition) is 6. The molecule has 0 aromatic rings. The average Bonchev–Trinajstić information content (AvgIpc) is 3.26. The molecule has 0 amide bonds. The highest BCUT2D eigenvalue weighted by Gasteiger charge is 2.19. The summed E-state index contributed by atoms with van der Waals surface area (Å²) in [6.45, 7) is 6.38. The van der Waals surface area contributed by atoms with Crippen LogP contribution in [0.2, 0.25) is 0 Å². The van der Waals surface area contributed by atoms with Crippen LogP contribution in [-0.4, -0.2) is 37.2 Å². The molecule has 0 aliphatic rings. The molecular weight excluding hydrogens is 757 g/mol. The summed E-state index contributed by atoms with van der Waals surface area (Å²) in [7, 11) is 0. The molecule has 1 unspecified atom stereocenters. The Labute approximate surface area is 375 Å². The Hall–Kier alpha value is -3.41. The minimum Gasteiger partial charge on any atom is -0.462 e. The molecule has 0 spiro atoms. The molecule has 348 valence electrons. The van der Waals surface area contributed by atoms with E-state index in [0.29, 0.717) is 12.8 Å². The molecule has 0 aromatic heterocycles. The monoisotopic (exact) mass is 849 g/mol. The second-order valence-corrected chi connectivity index (χ2v) is 16.4. The van der Waals surface area contributed by atoms with Gasteiger partial charge in [-0.05, 0) is 77.0 Å². The average molecular weight is 849 g/mol. The van der Waals surface area contributed by atoms with E-state index in [0.717, 1.165) is 77.0 Å². The molecule has 0 fully saturated rings. The number of hydrogen-bond donors (Lipinski definition) is 0. The molecule has 0 heterocycles. The van der Waals surface area contributed by atoms with Crippen molar-refractivity contribution in [3.8, 4) is 0 Å². The maximum atomic E-state index is 12.7. The van der Waals surface area contributed by atoms with Gasteiger partial charge in [-0.25, -0.2) is 0 Å². The zero-order chi connectivity index (χ0) is 44.4. The summed E-state index contributed by atoms with van der Waals surface area (Å²) in [5.41, 5.74) is 0. The van der Waals surface area contributed by atoms with E-state index in [-0.39, 0.29) is 31.6 Å². The Morgan fingerprint density at radius 3 is 1.11 bits per heavy atom. The largest absolute Gasteiger partial charge is 0.462 e. The Balaban J connectivity index is 4.43. The maximum Gasteiger partial charge on any atom is 0.310 e. The van der Waals surface area contributed by atoms with Gasteiger partial charge in [-0.2, -0.15) is 0 Å². The highest BCUT2D eigenvalue weighted by Crippen LogP contribution is 2.14. The second kappa shape index (κ2) is 49.2. The first-order chi connectivity index (χ1) is 30.0. The van der Waals surface area contributed by atoms with Crippen molar-refractivity contribution in [2.75, 3.05) is 13.2 Å². The Morgan fingerprint density at radius 2 is 0.689 bits per heavy atom. The molecule has 0 rings (SSSR count). The van der Waals surface area contributed by atoms with Crippen LogP contribution in [0.4, 0.5) is 0 Å². The van der Waals surface area contributed by atoms with Crippen LogP contribution in [-0.2, 0) is 28.6 Å². The van der Waals surface area contributed by atoms with Crippen molar-refractivity contribution in [3.63, 3.8) is 0 Å². The van der Waals surface area contributed by atoms with Gasteiger partial charge in [-0.1, -0.05) is 215 Å². The van der Waals surface area contributed by atoms with Crippen LogP contribution in [0.5, 0.6) is 0 Å². The first kappa shape index (κ1) is 57.6. The molecule has 6 nitrogen and oxygen atoms in total. The molecule has 0 bridgehead atoms. The standard InChI is InChI=1S/C55H92O6/c1-4-7-10-13-16-19-21-23-25-26-27-28-30-31-33-36-39-42-45-48-54(57)60-51-52(50-59-53(56)47-44-41-38-35-18-15-12-9-6-3)61-55(58)49-46-43-40-37-34-32-29-24-22-20-17-14-11-8-5-2/h8,11,16-17,19-20,23-25,29,34,37,43,46,52H,4-7,9-10,12-15,18,21-22,26-28,30-33,35-36,38-42,44-45,47-51H2,1-3H3/b11-8-,19-16-,20-17-,25-23-,29-24-,37-34-,46-43-. The number of unbranched alkanes of at least 4 members (excludes halogenated alkanes) is 20. The van der Waals surface area contributed by atoms with Crippen LogP contribution in [0.1, 0.15) is 226 Å². The van der Waals surface area contributed by atoms with E-state index < -0.39 is 12.1 Å². The summed E-state index contributed by atoms with van der Waals surface area (Å²) in [5.74, 6) is -1.06. The van der Waals surface area contributed by atoms with E-state index in [9.17, 15) is 14.4 Å². The fraction of sp³-hybridized carbons (Fsp3) is 0.691. The van der Waals surface area contributed by atoms with Crippen LogP contribution < -0.4 is 0 Å². The van der Waals surface area contributed by atoms with Crippen LogP contribution in [0.3, 0.4) is 0 Å². The SMILES string of the molecule is CC/C=C\C/C=C\C/C=C\C/C=C\C/C=C\CC(=O)OC(COC(=O)CCCCCCCCCCC)COC(=O)CCCCCCCCCCC/C=C\C/C=C\CCCCC. The minimum atomic E-state index is -0.829. The Bertz CT molecular complexity index is 1200. The van der Waals surface area contributed by atoms with E-state index in [2.05, 4.69) is 93.7 Å². The molecule has 0 N–H and O–H groups in total. The van der Waals surface area contributed by atoms with Crippen molar-refractivity contribution in [1.82, 2.24) is 0 Å². The predicted octanol–water partition coefficient (Wildman–Crippen LogP) is 16.4. The number of carbonyl (C=O) groups excluding carboxylic acids is 3. The van der Waals surface area contributed by atoms with E-state index >= 15 is 0 Å². The molecular formula is C55H92O6. The third kappa shape index (κ3) is 47.5. The maximum absolute atomic E-state index is 12.7. The molecule has 0 aliphatic heterocycles.